The van der Waals surface area contributed by atoms with Crippen LogP contribution in [0, 0.1) is 0 Å². The van der Waals surface area contributed by atoms with Gasteiger partial charge in [0.2, 0.25) is 0 Å². The zero-order chi connectivity index (χ0) is 8.13. The molecule has 1 aliphatic carbocycles. The van der Waals surface area contributed by atoms with Gasteiger partial charge in [-0.1, -0.05) is 0 Å². The van der Waals surface area contributed by atoms with Gasteiger partial charge < -0.3 is 0 Å². The Bertz CT molecular complexity index is 344. The Morgan fingerprint density at radius 1 is 1.42 bits per heavy atom. The van der Waals surface area contributed by atoms with E-state index in [0.717, 1.165) is 26.3 Å². The van der Waals surface area contributed by atoms with Gasteiger partial charge in [0.15, 0.2) is 0 Å². The van der Waals surface area contributed by atoms with E-state index in [2.05, 4.69) is 11.9 Å². The summed E-state index contributed by atoms with van der Waals surface area (Å²) < 4.78 is 3.79. The van der Waals surface area contributed by atoms with Crippen molar-refractivity contribution >= 4 is 40.5 Å². The molecule has 0 aromatic rings. The molecule has 2 aliphatic heterocycles. The van der Waals surface area contributed by atoms with Gasteiger partial charge in [-0.05, 0) is 0 Å². The van der Waals surface area contributed by atoms with Crippen molar-refractivity contribution < 1.29 is 0 Å². The summed E-state index contributed by atoms with van der Waals surface area (Å²) in [5.74, 6) is 0. The molecule has 3 heteroatoms. The molecule has 0 bridgehead atoms. The molecule has 0 nitrogen and oxygen atoms in total. The summed E-state index contributed by atoms with van der Waals surface area (Å²) in [5.41, 5.74) is 3.65. The van der Waals surface area contributed by atoms with Gasteiger partial charge in [-0.15, -0.1) is 0 Å². The third-order valence-corrected chi connectivity index (χ3v) is 26.1. The Hall–Kier alpha value is 0.908. The van der Waals surface area contributed by atoms with Crippen LogP contribution < -0.4 is 0 Å². The van der Waals surface area contributed by atoms with Crippen molar-refractivity contribution in [2.45, 2.75) is 26.2 Å². The van der Waals surface area contributed by atoms with E-state index < -0.39 is 0 Å². The van der Waals surface area contributed by atoms with Crippen LogP contribution >= 0.6 is 0 Å². The van der Waals surface area contributed by atoms with Crippen LogP contribution in [0.2, 0.25) is 0 Å². The van der Waals surface area contributed by atoms with Crippen LogP contribution in [-0.2, 0) is 0 Å². The van der Waals surface area contributed by atoms with Crippen molar-refractivity contribution in [3.63, 3.8) is 0 Å². The van der Waals surface area contributed by atoms with Crippen LogP contribution in [0.4, 0.5) is 0 Å². The molecule has 0 aromatic heterocycles. The van der Waals surface area contributed by atoms with Crippen LogP contribution in [0.5, 0.6) is 0 Å². The molecule has 12 heavy (non-hydrogen) atoms. The summed E-state index contributed by atoms with van der Waals surface area (Å²) in [7, 11) is -0.174. The molecule has 3 rings (SSSR count). The number of hydrogen-bond acceptors (Lipinski definition) is 0. The van der Waals surface area contributed by atoms with Crippen LogP contribution in [0.25, 0.3) is 0 Å². The van der Waals surface area contributed by atoms with Crippen molar-refractivity contribution in [1.82, 2.24) is 0 Å². The van der Waals surface area contributed by atoms with Gasteiger partial charge in [-0.3, -0.25) is 0 Å². The second-order valence-corrected chi connectivity index (χ2v) is 24.4. The second-order valence-electron chi connectivity index (χ2n) is 3.27. The zero-order valence-electron chi connectivity index (χ0n) is 6.92. The molecular weight excluding hydrogens is 345 g/mol. The van der Waals surface area contributed by atoms with Crippen molar-refractivity contribution in [1.29, 1.82) is 0 Å². The molecule has 1 saturated carbocycles. The fourth-order valence-electron chi connectivity index (χ4n) is 1.91. The summed E-state index contributed by atoms with van der Waals surface area (Å²) >= 11 is 1.92. The molecule has 2 heterocycles. The Balaban J connectivity index is 2.17. The molecule has 0 aromatic carbocycles. The fraction of sp³-hybridized carbons (Fsp3) is 0.444. The van der Waals surface area contributed by atoms with E-state index in [1.54, 1.807) is 5.57 Å². The molecule has 0 spiro atoms. The summed E-state index contributed by atoms with van der Waals surface area (Å²) in [6, 6.07) is 0. The summed E-state index contributed by atoms with van der Waals surface area (Å²) in [6.45, 7) is 2.41. The minimum absolute atomic E-state index is 0.174. The van der Waals surface area contributed by atoms with E-state index in [1.807, 2.05) is 14.5 Å². The number of hydrogen-bond donors (Lipinski definition) is 0. The maximum absolute atomic E-state index is 2.63. The van der Waals surface area contributed by atoms with Crippen LogP contribution in [0.3, 0.4) is 0 Å². The minimum atomic E-state index is -0.174. The van der Waals surface area contributed by atoms with E-state index >= 15 is 0 Å². The average molecular weight is 355 g/mol. The van der Waals surface area contributed by atoms with Gasteiger partial charge in [0.25, 0.3) is 0 Å². The van der Waals surface area contributed by atoms with E-state index in [9.17, 15) is 0 Å². The topological polar surface area (TPSA) is 0 Å². The number of allylic oxidation sites excluding steroid dienone is 3. The first kappa shape index (κ1) is 8.24. The van der Waals surface area contributed by atoms with Crippen molar-refractivity contribution in [2.24, 2.45) is 0 Å². The maximum atomic E-state index is 2.63. The summed E-state index contributed by atoms with van der Waals surface area (Å²) in [6.07, 6.45) is 4.29. The first-order chi connectivity index (χ1) is 5.86. The van der Waals surface area contributed by atoms with Gasteiger partial charge in [0.1, 0.15) is 0 Å². The van der Waals surface area contributed by atoms with Gasteiger partial charge >= 0.3 is 87.3 Å². The molecule has 0 N–H and O–H groups in total. The van der Waals surface area contributed by atoms with Gasteiger partial charge in [-0.2, -0.15) is 0 Å². The van der Waals surface area contributed by atoms with Crippen LogP contribution in [0.15, 0.2) is 20.6 Å². The Kier molecular flexibility index (Phi) is 2.03. The summed E-state index contributed by atoms with van der Waals surface area (Å²) in [4.78, 5) is 2.63. The first-order valence-corrected chi connectivity index (χ1v) is 15.6. The van der Waals surface area contributed by atoms with Crippen molar-refractivity contribution in [2.75, 3.05) is 0 Å². The third kappa shape index (κ3) is 1.05. The van der Waals surface area contributed by atoms with E-state index in [1.165, 1.54) is 19.3 Å². The first-order valence-electron chi connectivity index (χ1n) is 4.22. The monoisotopic (exact) mass is 358 g/mol. The molecular formula is C9H10Se3. The Morgan fingerprint density at radius 3 is 3.25 bits per heavy atom. The number of rotatable bonds is 0. The molecule has 1 fully saturated rings. The zero-order valence-corrected chi connectivity index (χ0v) is 12.1. The molecule has 64 valence electrons. The van der Waals surface area contributed by atoms with Crippen molar-refractivity contribution in [3.8, 4) is 0 Å². The summed E-state index contributed by atoms with van der Waals surface area (Å²) in [5, 5.41) is 0. The fourth-order valence-corrected chi connectivity index (χ4v) is 29.8. The van der Waals surface area contributed by atoms with E-state index in [-0.39, 0.29) is 9.81 Å². The molecule has 0 saturated heterocycles. The Morgan fingerprint density at radius 2 is 2.33 bits per heavy atom. The Labute approximate surface area is 86.7 Å². The van der Waals surface area contributed by atoms with E-state index in [4.69, 9.17) is 0 Å². The SMILES string of the molecule is CC1=C2CCCC3=C[Se][Se](=C32)[Se]1. The van der Waals surface area contributed by atoms with Crippen LogP contribution in [-0.4, -0.2) is 40.5 Å². The van der Waals surface area contributed by atoms with E-state index in [0.29, 0.717) is 0 Å². The quantitative estimate of drug-likeness (QED) is 0.569. The van der Waals surface area contributed by atoms with Gasteiger partial charge in [0.05, 0.1) is 0 Å². The molecule has 1 atom stereocenters. The normalized spacial score (nSPS) is 32.6. The van der Waals surface area contributed by atoms with Gasteiger partial charge in [-0.25, -0.2) is 0 Å². The van der Waals surface area contributed by atoms with Crippen LogP contribution in [0.1, 0.15) is 26.2 Å². The van der Waals surface area contributed by atoms with Crippen molar-refractivity contribution in [3.05, 3.63) is 20.6 Å². The molecule has 3 aliphatic rings. The average Bonchev–Trinajstić information content (AvgIpc) is 2.61. The standard InChI is InChI=1S/C9H10Se3/c1-6-8-4-2-3-7-5-10-12(11-6)9(7)8/h5H,2-4H2,1H3. The molecule has 0 amide bonds. The molecule has 0 radical (unpaired) electrons. The predicted molar refractivity (Wildman–Crippen MR) is 56.9 cm³/mol. The molecule has 1 unspecified atom stereocenters. The van der Waals surface area contributed by atoms with Gasteiger partial charge in [0, 0.05) is 0 Å². The predicted octanol–water partition coefficient (Wildman–Crippen LogP) is 1.01. The second kappa shape index (κ2) is 2.95. The third-order valence-electron chi connectivity index (χ3n) is 2.51.